The van der Waals surface area contributed by atoms with Gasteiger partial charge in [-0.05, 0) is 12.8 Å². The number of hydrazine groups is 1. The van der Waals surface area contributed by atoms with Gasteiger partial charge in [0.1, 0.15) is 0 Å². The Hall–Kier alpha value is -0.0800. The van der Waals surface area contributed by atoms with Crippen LogP contribution in [0.2, 0.25) is 0 Å². The van der Waals surface area contributed by atoms with Crippen LogP contribution in [0.4, 0.5) is 0 Å². The first-order valence-corrected chi connectivity index (χ1v) is 6.30. The zero-order valence-corrected chi connectivity index (χ0v) is 9.97. The molecule has 0 aromatic rings. The monoisotopic (exact) mass is 198 g/mol. The molecule has 0 aromatic heterocycles. The summed E-state index contributed by atoms with van der Waals surface area (Å²) in [6.07, 6.45) is 9.81. The number of unbranched alkanes of at least 4 members (excludes halogenated alkanes) is 5. The summed E-state index contributed by atoms with van der Waals surface area (Å²) in [6.45, 7) is 6.10. The van der Waals surface area contributed by atoms with Crippen LogP contribution in [0.5, 0.6) is 0 Å². The van der Waals surface area contributed by atoms with E-state index < -0.39 is 0 Å². The summed E-state index contributed by atoms with van der Waals surface area (Å²) in [5.74, 6) is 0. The van der Waals surface area contributed by atoms with E-state index in [0.717, 1.165) is 0 Å². The third-order valence-electron chi connectivity index (χ3n) is 3.15. The van der Waals surface area contributed by atoms with Crippen molar-refractivity contribution in [3.05, 3.63) is 0 Å². The second-order valence-electron chi connectivity index (χ2n) is 4.46. The summed E-state index contributed by atoms with van der Waals surface area (Å²) in [4.78, 5) is 0. The van der Waals surface area contributed by atoms with Crippen LogP contribution < -0.4 is 0 Å². The van der Waals surface area contributed by atoms with Gasteiger partial charge in [-0.25, -0.2) is 10.0 Å². The van der Waals surface area contributed by atoms with Gasteiger partial charge in [-0.3, -0.25) is 0 Å². The summed E-state index contributed by atoms with van der Waals surface area (Å²) < 4.78 is 0. The molecular weight excluding hydrogens is 172 g/mol. The molecule has 0 atom stereocenters. The fraction of sp³-hybridized carbons (Fsp3) is 1.00. The Balaban J connectivity index is 1.88. The van der Waals surface area contributed by atoms with E-state index in [0.29, 0.717) is 0 Å². The molecule has 0 unspecified atom stereocenters. The minimum Gasteiger partial charge on any atom is -0.245 e. The van der Waals surface area contributed by atoms with Crippen molar-refractivity contribution >= 4 is 0 Å². The smallest absolute Gasteiger partial charge is 0.0145 e. The number of nitrogens with zero attached hydrogens (tertiary/aromatic N) is 2. The van der Waals surface area contributed by atoms with Gasteiger partial charge in [-0.2, -0.15) is 0 Å². The zero-order valence-electron chi connectivity index (χ0n) is 9.97. The van der Waals surface area contributed by atoms with E-state index in [2.05, 4.69) is 24.0 Å². The molecule has 0 amide bonds. The fourth-order valence-corrected chi connectivity index (χ4v) is 2.15. The van der Waals surface area contributed by atoms with E-state index in [4.69, 9.17) is 0 Å². The van der Waals surface area contributed by atoms with E-state index in [1.54, 1.807) is 0 Å². The van der Waals surface area contributed by atoms with Crippen LogP contribution in [-0.2, 0) is 0 Å². The molecule has 0 radical (unpaired) electrons. The second-order valence-corrected chi connectivity index (χ2v) is 4.46. The molecule has 1 rings (SSSR count). The van der Waals surface area contributed by atoms with Crippen LogP contribution in [0.25, 0.3) is 0 Å². The highest BCUT2D eigenvalue weighted by atomic mass is 15.6. The third kappa shape index (κ3) is 4.43. The zero-order chi connectivity index (χ0) is 10.2. The number of rotatable bonds is 7. The third-order valence-corrected chi connectivity index (χ3v) is 3.15. The largest absolute Gasteiger partial charge is 0.245 e. The highest BCUT2D eigenvalue weighted by Crippen LogP contribution is 2.10. The maximum Gasteiger partial charge on any atom is 0.0145 e. The maximum absolute atomic E-state index is 2.50. The molecule has 1 aliphatic rings. The molecule has 84 valence electrons. The van der Waals surface area contributed by atoms with Gasteiger partial charge in [0.25, 0.3) is 0 Å². The Morgan fingerprint density at radius 3 is 2.29 bits per heavy atom. The minimum absolute atomic E-state index is 1.26. The van der Waals surface area contributed by atoms with Crippen LogP contribution >= 0.6 is 0 Å². The Bertz CT molecular complexity index is 136. The molecule has 2 nitrogen and oxygen atoms in total. The Kier molecular flexibility index (Phi) is 6.20. The van der Waals surface area contributed by atoms with Crippen molar-refractivity contribution in [2.45, 2.75) is 51.9 Å². The molecule has 0 aliphatic carbocycles. The Morgan fingerprint density at radius 2 is 1.64 bits per heavy atom. The van der Waals surface area contributed by atoms with Crippen molar-refractivity contribution in [3.8, 4) is 0 Å². The summed E-state index contributed by atoms with van der Waals surface area (Å²) in [6, 6.07) is 0. The van der Waals surface area contributed by atoms with Crippen molar-refractivity contribution in [1.29, 1.82) is 0 Å². The molecule has 0 aromatic carbocycles. The van der Waals surface area contributed by atoms with Crippen LogP contribution in [-0.4, -0.2) is 36.7 Å². The molecule has 0 bridgehead atoms. The lowest BCUT2D eigenvalue weighted by Crippen LogP contribution is -2.33. The summed E-state index contributed by atoms with van der Waals surface area (Å²) in [7, 11) is 2.21. The Morgan fingerprint density at radius 1 is 0.929 bits per heavy atom. The predicted molar refractivity (Wildman–Crippen MR) is 62.2 cm³/mol. The lowest BCUT2D eigenvalue weighted by atomic mass is 10.1. The summed E-state index contributed by atoms with van der Waals surface area (Å²) in [5, 5.41) is 4.88. The first-order chi connectivity index (χ1) is 6.84. The van der Waals surface area contributed by atoms with Crippen LogP contribution in [0.3, 0.4) is 0 Å². The number of hydrogen-bond donors (Lipinski definition) is 0. The van der Waals surface area contributed by atoms with E-state index in [-0.39, 0.29) is 0 Å². The van der Waals surface area contributed by atoms with E-state index in [1.807, 2.05) is 0 Å². The van der Waals surface area contributed by atoms with Crippen LogP contribution in [0, 0.1) is 0 Å². The molecule has 2 heteroatoms. The molecule has 14 heavy (non-hydrogen) atoms. The summed E-state index contributed by atoms with van der Waals surface area (Å²) >= 11 is 0. The van der Waals surface area contributed by atoms with E-state index in [9.17, 15) is 0 Å². The maximum atomic E-state index is 2.50. The van der Waals surface area contributed by atoms with E-state index >= 15 is 0 Å². The average molecular weight is 198 g/mol. The molecule has 1 aliphatic heterocycles. The normalized spacial score (nSPS) is 19.3. The van der Waals surface area contributed by atoms with Crippen LogP contribution in [0.15, 0.2) is 0 Å². The van der Waals surface area contributed by atoms with Crippen molar-refractivity contribution < 1.29 is 0 Å². The van der Waals surface area contributed by atoms with Crippen molar-refractivity contribution in [2.24, 2.45) is 0 Å². The first kappa shape index (κ1) is 12.0. The van der Waals surface area contributed by atoms with Crippen LogP contribution in [0.1, 0.15) is 51.9 Å². The lowest BCUT2D eigenvalue weighted by molar-refractivity contribution is 0.0542. The van der Waals surface area contributed by atoms with Crippen molar-refractivity contribution in [1.82, 2.24) is 10.0 Å². The number of hydrogen-bond acceptors (Lipinski definition) is 2. The first-order valence-electron chi connectivity index (χ1n) is 6.30. The van der Waals surface area contributed by atoms with Gasteiger partial charge in [0.05, 0.1) is 0 Å². The highest BCUT2D eigenvalue weighted by Gasteiger charge is 2.16. The molecule has 1 fully saturated rings. The summed E-state index contributed by atoms with van der Waals surface area (Å²) in [5.41, 5.74) is 0. The van der Waals surface area contributed by atoms with Gasteiger partial charge in [0.2, 0.25) is 0 Å². The van der Waals surface area contributed by atoms with Gasteiger partial charge in [0, 0.05) is 26.7 Å². The SMILES string of the molecule is CCCCCCCCN1CCCN1C. The van der Waals surface area contributed by atoms with Gasteiger partial charge in [0.15, 0.2) is 0 Å². The van der Waals surface area contributed by atoms with Gasteiger partial charge in [-0.15, -0.1) is 0 Å². The second kappa shape index (κ2) is 7.24. The lowest BCUT2D eigenvalue weighted by Gasteiger charge is -2.23. The molecule has 0 spiro atoms. The Labute approximate surface area is 89.2 Å². The van der Waals surface area contributed by atoms with Gasteiger partial charge >= 0.3 is 0 Å². The highest BCUT2D eigenvalue weighted by molar-refractivity contribution is 4.63. The fourth-order valence-electron chi connectivity index (χ4n) is 2.15. The topological polar surface area (TPSA) is 6.48 Å². The molecular formula is C12H26N2. The molecule has 1 saturated heterocycles. The molecule has 1 heterocycles. The van der Waals surface area contributed by atoms with Crippen molar-refractivity contribution in [3.63, 3.8) is 0 Å². The van der Waals surface area contributed by atoms with Gasteiger partial charge in [-0.1, -0.05) is 39.0 Å². The average Bonchev–Trinajstić information content (AvgIpc) is 2.58. The standard InChI is InChI=1S/C12H26N2/c1-3-4-5-6-7-8-11-14-12-9-10-13(14)2/h3-12H2,1-2H3. The van der Waals surface area contributed by atoms with E-state index in [1.165, 1.54) is 64.6 Å². The van der Waals surface area contributed by atoms with Crippen molar-refractivity contribution in [2.75, 3.05) is 26.7 Å². The predicted octanol–water partition coefficient (Wildman–Crippen LogP) is 2.90. The van der Waals surface area contributed by atoms with Gasteiger partial charge < -0.3 is 0 Å². The molecule has 0 N–H and O–H groups in total. The molecule has 0 saturated carbocycles. The quantitative estimate of drug-likeness (QED) is 0.580. The minimum atomic E-state index is 1.26.